The zero-order valence-electron chi connectivity index (χ0n) is 31.8. The third kappa shape index (κ3) is 8.77. The van der Waals surface area contributed by atoms with Crippen LogP contribution >= 0.6 is 11.6 Å². The van der Waals surface area contributed by atoms with Crippen LogP contribution in [0.3, 0.4) is 0 Å². The number of amides is 4. The molecule has 1 saturated heterocycles. The Morgan fingerprint density at radius 1 is 1.19 bits per heavy atom. The smallest absolute Gasteiger partial charge is 0.317 e. The lowest BCUT2D eigenvalue weighted by molar-refractivity contribution is -0.127. The lowest BCUT2D eigenvalue weighted by atomic mass is 9.95. The van der Waals surface area contributed by atoms with Crippen molar-refractivity contribution in [2.75, 3.05) is 59.8 Å². The second-order valence-corrected chi connectivity index (χ2v) is 14.3. The van der Waals surface area contributed by atoms with E-state index in [9.17, 15) is 19.5 Å². The van der Waals surface area contributed by atoms with Crippen molar-refractivity contribution in [3.63, 3.8) is 0 Å². The minimum atomic E-state index is -0.611. The fourth-order valence-electron chi connectivity index (χ4n) is 7.18. The van der Waals surface area contributed by atoms with Gasteiger partial charge in [0.25, 0.3) is 11.8 Å². The minimum Gasteiger partial charge on any atom is -0.481 e. The van der Waals surface area contributed by atoms with Gasteiger partial charge in [0.05, 0.1) is 24.4 Å². The predicted octanol–water partition coefficient (Wildman–Crippen LogP) is 6.53. The fourth-order valence-corrected chi connectivity index (χ4v) is 7.49. The highest BCUT2D eigenvalue weighted by Gasteiger charge is 2.33. The van der Waals surface area contributed by atoms with Crippen molar-refractivity contribution in [2.45, 2.75) is 58.0 Å². The second kappa shape index (κ2) is 18.0. The number of ether oxygens (including phenoxy) is 1. The lowest BCUT2D eigenvalue weighted by Crippen LogP contribution is -2.53. The van der Waals surface area contributed by atoms with E-state index >= 15 is 4.39 Å². The molecule has 0 bridgehead atoms. The maximum absolute atomic E-state index is 15.7. The van der Waals surface area contributed by atoms with Crippen LogP contribution in [0.1, 0.15) is 55.3 Å². The molecule has 5 rings (SSSR count). The molecule has 2 unspecified atom stereocenters. The fraction of sp³-hybridized carbons (Fsp3) is 0.415. The molecule has 1 aliphatic heterocycles. The summed E-state index contributed by atoms with van der Waals surface area (Å²) in [6.07, 6.45) is 9.02. The molecular formula is C41H50ClFN6O5. The summed E-state index contributed by atoms with van der Waals surface area (Å²) in [5.41, 5.74) is 4.71. The van der Waals surface area contributed by atoms with Crippen LogP contribution < -0.4 is 15.4 Å². The number of fused-ring (bicyclic) bond motifs is 1. The monoisotopic (exact) mass is 760 g/mol. The zero-order valence-corrected chi connectivity index (χ0v) is 32.6. The number of aromatic nitrogens is 1. The van der Waals surface area contributed by atoms with Crippen LogP contribution in [0.15, 0.2) is 60.2 Å². The molecule has 11 nitrogen and oxygen atoms in total. The van der Waals surface area contributed by atoms with Crippen molar-refractivity contribution in [3.8, 4) is 28.3 Å². The van der Waals surface area contributed by atoms with Crippen LogP contribution in [-0.2, 0) is 16.0 Å². The van der Waals surface area contributed by atoms with Gasteiger partial charge in [-0.1, -0.05) is 48.9 Å². The van der Waals surface area contributed by atoms with Gasteiger partial charge in [0.2, 0.25) is 5.88 Å². The highest BCUT2D eigenvalue weighted by Crippen LogP contribution is 2.45. The molecule has 0 radical (unpaired) electrons. The number of nitrogens with zero attached hydrogens (tertiary/aromatic N) is 4. The predicted molar refractivity (Wildman–Crippen MR) is 210 cm³/mol. The van der Waals surface area contributed by atoms with E-state index in [1.165, 1.54) is 23.1 Å². The summed E-state index contributed by atoms with van der Waals surface area (Å²) in [6, 6.07) is 10.1. The summed E-state index contributed by atoms with van der Waals surface area (Å²) < 4.78 is 21.6. The number of nitrogens with one attached hydrogen (secondary N) is 2. The largest absolute Gasteiger partial charge is 0.481 e. The Kier molecular flexibility index (Phi) is 13.5. The first-order valence-corrected chi connectivity index (χ1v) is 18.7. The number of allylic oxidation sites excluding steroid dienone is 3. The van der Waals surface area contributed by atoms with Gasteiger partial charge >= 0.3 is 6.03 Å². The molecule has 2 aromatic carbocycles. The van der Waals surface area contributed by atoms with Crippen molar-refractivity contribution >= 4 is 35.1 Å². The standard InChI is InChI=1S/C41H50ClFN6O5/c1-7-8-9-11-30(40(52)47(3)4)38(51)45-32-16-15-31(43)35(25(32)2)29-13-10-12-28(37(29)42)33-24-26-14-17-34(36(26)39(46-33)54-6)48(5)20-18-27-19-21-49(22-23-50)41(53)44-27/h8-13,15-16,24,27,34,50H,7,14,17-23H2,1-6H3,(H,44,53)(H,45,51)/b9-8+,30-11-. The summed E-state index contributed by atoms with van der Waals surface area (Å²) in [4.78, 5) is 48.8. The number of aliphatic hydroxyl groups excluding tert-OH is 1. The Hall–Kier alpha value is -4.78. The summed E-state index contributed by atoms with van der Waals surface area (Å²) in [7, 11) is 6.82. The number of pyridine rings is 1. The van der Waals surface area contributed by atoms with Gasteiger partial charge in [-0.3, -0.25) is 14.5 Å². The topological polar surface area (TPSA) is 127 Å². The number of methoxy groups -OCH3 is 1. The van der Waals surface area contributed by atoms with Crippen LogP contribution in [-0.4, -0.2) is 103 Å². The number of halogens is 2. The molecule has 1 aromatic heterocycles. The van der Waals surface area contributed by atoms with E-state index in [1.807, 2.05) is 25.1 Å². The molecule has 4 amide bonds. The third-order valence-electron chi connectivity index (χ3n) is 10.1. The van der Waals surface area contributed by atoms with E-state index in [2.05, 4.69) is 22.6 Å². The Morgan fingerprint density at radius 3 is 2.63 bits per heavy atom. The van der Waals surface area contributed by atoms with E-state index in [0.717, 1.165) is 49.8 Å². The van der Waals surface area contributed by atoms with Gasteiger partial charge in [-0.15, -0.1) is 0 Å². The third-order valence-corrected chi connectivity index (χ3v) is 10.5. The zero-order chi connectivity index (χ0) is 39.1. The Bertz CT molecular complexity index is 1950. The second-order valence-electron chi connectivity index (χ2n) is 13.9. The van der Waals surface area contributed by atoms with Crippen molar-refractivity contribution in [1.82, 2.24) is 25.0 Å². The maximum atomic E-state index is 15.7. The molecule has 54 heavy (non-hydrogen) atoms. The number of aliphatic hydroxyl groups is 1. The molecule has 1 aliphatic carbocycles. The van der Waals surface area contributed by atoms with Crippen LogP contribution in [0.4, 0.5) is 14.9 Å². The molecule has 3 N–H and O–H groups in total. The van der Waals surface area contributed by atoms with E-state index < -0.39 is 17.6 Å². The number of rotatable bonds is 14. The summed E-state index contributed by atoms with van der Waals surface area (Å²) in [5, 5.41) is 15.4. The highest BCUT2D eigenvalue weighted by molar-refractivity contribution is 6.36. The quantitative estimate of drug-likeness (QED) is 0.0739. The first kappa shape index (κ1) is 40.4. The number of β-amino-alcohol motifs (C(OH)–C–C–N with tert-alkyl or cyclic N) is 1. The average Bonchev–Trinajstić information content (AvgIpc) is 3.59. The number of anilines is 1. The first-order valence-electron chi connectivity index (χ1n) is 18.3. The van der Waals surface area contributed by atoms with E-state index in [-0.39, 0.29) is 35.9 Å². The van der Waals surface area contributed by atoms with Gasteiger partial charge in [0, 0.05) is 73.8 Å². The number of carbonyl (C=O) groups is 3. The molecule has 3 aromatic rings. The number of hydrogen-bond donors (Lipinski definition) is 3. The lowest BCUT2D eigenvalue weighted by Gasteiger charge is -2.34. The normalized spacial score (nSPS) is 17.2. The van der Waals surface area contributed by atoms with Gasteiger partial charge in [0.15, 0.2) is 0 Å². The van der Waals surface area contributed by atoms with Crippen molar-refractivity contribution in [1.29, 1.82) is 0 Å². The number of carbonyl (C=O) groups excluding carboxylic acids is 3. The summed E-state index contributed by atoms with van der Waals surface area (Å²) in [6.45, 7) is 5.32. The van der Waals surface area contributed by atoms with Crippen molar-refractivity contribution in [2.24, 2.45) is 0 Å². The number of hydrogen-bond acceptors (Lipinski definition) is 7. The number of urea groups is 1. The highest BCUT2D eigenvalue weighted by atomic mass is 35.5. The Labute approximate surface area is 321 Å². The molecule has 288 valence electrons. The number of likely N-dealkylation sites (N-methyl/N-ethyl adjacent to an activating group) is 1. The van der Waals surface area contributed by atoms with Gasteiger partial charge in [-0.2, -0.15) is 0 Å². The maximum Gasteiger partial charge on any atom is 0.317 e. The molecule has 2 atom stereocenters. The van der Waals surface area contributed by atoms with Crippen molar-refractivity contribution < 1.29 is 28.6 Å². The van der Waals surface area contributed by atoms with Gasteiger partial charge in [-0.05, 0) is 81.5 Å². The van der Waals surface area contributed by atoms with E-state index in [1.54, 1.807) is 51.2 Å². The average molecular weight is 761 g/mol. The molecule has 13 heteroatoms. The molecule has 0 saturated carbocycles. The van der Waals surface area contributed by atoms with E-state index in [0.29, 0.717) is 52.1 Å². The first-order chi connectivity index (χ1) is 25.9. The molecule has 2 heterocycles. The van der Waals surface area contributed by atoms with Gasteiger partial charge < -0.3 is 30.3 Å². The molecule has 0 spiro atoms. The molecular weight excluding hydrogens is 711 g/mol. The number of aryl methyl sites for hydroxylation is 1. The van der Waals surface area contributed by atoms with E-state index in [4.69, 9.17) is 21.3 Å². The Morgan fingerprint density at radius 2 is 1.94 bits per heavy atom. The SMILES string of the molecule is CC/C=C/C=C(/C(=O)Nc1ccc(F)c(-c2cccc(-c3cc4c(c(OC)n3)C(N(C)CCC3CCN(CCO)C(=O)N3)CC4)c2Cl)c1C)C(=O)N(C)C. The Balaban J connectivity index is 1.40. The van der Waals surface area contributed by atoms with Gasteiger partial charge in [0.1, 0.15) is 11.4 Å². The molecule has 1 fully saturated rings. The minimum absolute atomic E-state index is 0.0517. The van der Waals surface area contributed by atoms with Gasteiger partial charge in [-0.25, -0.2) is 14.2 Å². The summed E-state index contributed by atoms with van der Waals surface area (Å²) >= 11 is 7.10. The van der Waals surface area contributed by atoms with Crippen molar-refractivity contribution in [3.05, 3.63) is 87.7 Å². The molecule has 2 aliphatic rings. The van der Waals surface area contributed by atoms with Crippen LogP contribution in [0.25, 0.3) is 22.4 Å². The van der Waals surface area contributed by atoms with Crippen LogP contribution in [0.2, 0.25) is 5.02 Å². The van der Waals surface area contributed by atoms with Crippen LogP contribution in [0, 0.1) is 12.7 Å². The van der Waals surface area contributed by atoms with Crippen LogP contribution in [0.5, 0.6) is 5.88 Å². The summed E-state index contributed by atoms with van der Waals surface area (Å²) in [5.74, 6) is -1.09. The number of benzene rings is 2.